The Morgan fingerprint density at radius 3 is 2.79 bits per heavy atom. The van der Waals surface area contributed by atoms with Crippen LogP contribution in [-0.4, -0.2) is 10.9 Å². The number of hydrogen-bond donors (Lipinski definition) is 2. The van der Waals surface area contributed by atoms with Gasteiger partial charge >= 0.3 is 0 Å². The number of aromatic nitrogens is 1. The third kappa shape index (κ3) is 4.37. The number of anilines is 2. The van der Waals surface area contributed by atoms with Crippen LogP contribution < -0.4 is 10.6 Å². The van der Waals surface area contributed by atoms with E-state index in [2.05, 4.69) is 31.5 Å². The molecule has 2 aromatic rings. The summed E-state index contributed by atoms with van der Waals surface area (Å²) in [6, 6.07) is 9.61. The van der Waals surface area contributed by atoms with Gasteiger partial charge in [0.05, 0.1) is 0 Å². The smallest absolute Gasteiger partial charge is 0.221 e. The van der Waals surface area contributed by atoms with Gasteiger partial charge in [0.15, 0.2) is 0 Å². The number of benzene rings is 1. The van der Waals surface area contributed by atoms with Crippen LogP contribution in [0.2, 0.25) is 0 Å². The summed E-state index contributed by atoms with van der Waals surface area (Å²) in [5, 5.41) is 6.04. The van der Waals surface area contributed by atoms with Crippen molar-refractivity contribution in [1.29, 1.82) is 0 Å². The molecule has 5 heteroatoms. The molecule has 0 saturated heterocycles. The summed E-state index contributed by atoms with van der Waals surface area (Å²) in [5.41, 5.74) is 2.82. The Kier molecular flexibility index (Phi) is 4.52. The van der Waals surface area contributed by atoms with Gasteiger partial charge < -0.3 is 10.6 Å². The Labute approximate surface area is 120 Å². The number of rotatable bonds is 4. The third-order valence-corrected chi connectivity index (χ3v) is 2.87. The normalized spacial score (nSPS) is 10.0. The van der Waals surface area contributed by atoms with Crippen LogP contribution in [0.15, 0.2) is 47.2 Å². The highest BCUT2D eigenvalue weighted by molar-refractivity contribution is 9.10. The van der Waals surface area contributed by atoms with Crippen LogP contribution in [0.1, 0.15) is 12.5 Å². The van der Waals surface area contributed by atoms with E-state index in [0.29, 0.717) is 6.54 Å². The number of carbonyl (C=O) groups is 1. The minimum atomic E-state index is -0.0756. The number of nitrogens with zero attached hydrogens (tertiary/aromatic N) is 1. The molecule has 0 aliphatic carbocycles. The number of pyridine rings is 1. The number of hydrogen-bond acceptors (Lipinski definition) is 3. The van der Waals surface area contributed by atoms with Crippen molar-refractivity contribution < 1.29 is 4.79 Å². The minimum absolute atomic E-state index is 0.0756. The average molecular weight is 320 g/mol. The molecule has 2 N–H and O–H groups in total. The van der Waals surface area contributed by atoms with Crippen LogP contribution >= 0.6 is 15.9 Å². The standard InChI is InChI=1S/C14H14BrN3O/c1-10(19)18-14-4-2-3-13(6-14)17-8-11-5-12(15)9-16-7-11/h2-7,9,17H,8H2,1H3,(H,18,19). The Balaban J connectivity index is 2.01. The number of nitrogens with one attached hydrogen (secondary N) is 2. The molecule has 0 saturated carbocycles. The number of carbonyl (C=O) groups excluding carboxylic acids is 1. The van der Waals surface area contributed by atoms with Gasteiger partial charge in [-0.2, -0.15) is 0 Å². The molecule has 0 radical (unpaired) electrons. The monoisotopic (exact) mass is 319 g/mol. The van der Waals surface area contributed by atoms with Crippen LogP contribution in [0.5, 0.6) is 0 Å². The largest absolute Gasteiger partial charge is 0.381 e. The first-order valence-electron chi connectivity index (χ1n) is 5.84. The second kappa shape index (κ2) is 6.33. The minimum Gasteiger partial charge on any atom is -0.381 e. The van der Waals surface area contributed by atoms with E-state index in [4.69, 9.17) is 0 Å². The summed E-state index contributed by atoms with van der Waals surface area (Å²) < 4.78 is 0.957. The van der Waals surface area contributed by atoms with Crippen LogP contribution in [0.4, 0.5) is 11.4 Å². The van der Waals surface area contributed by atoms with Gasteiger partial charge in [-0.1, -0.05) is 6.07 Å². The molecule has 0 aliphatic heterocycles. The van der Waals surface area contributed by atoms with E-state index in [0.717, 1.165) is 21.4 Å². The summed E-state index contributed by atoms with van der Waals surface area (Å²) in [4.78, 5) is 15.1. The van der Waals surface area contributed by atoms with Gasteiger partial charge in [-0.25, -0.2) is 0 Å². The van der Waals surface area contributed by atoms with Gasteiger partial charge in [0.1, 0.15) is 0 Å². The lowest BCUT2D eigenvalue weighted by Crippen LogP contribution is -2.06. The first-order chi connectivity index (χ1) is 9.13. The number of amides is 1. The molecule has 0 aliphatic rings. The Morgan fingerprint density at radius 2 is 2.05 bits per heavy atom. The van der Waals surface area contributed by atoms with Gasteiger partial charge in [-0.3, -0.25) is 9.78 Å². The molecule has 1 aromatic heterocycles. The summed E-state index contributed by atoms with van der Waals surface area (Å²) in [7, 11) is 0. The van der Waals surface area contributed by atoms with Gasteiger partial charge in [0, 0.05) is 41.7 Å². The number of halogens is 1. The van der Waals surface area contributed by atoms with E-state index in [-0.39, 0.29) is 5.91 Å². The second-order valence-electron chi connectivity index (χ2n) is 4.13. The summed E-state index contributed by atoms with van der Waals surface area (Å²) in [6.45, 7) is 2.17. The molecule has 0 unspecified atom stereocenters. The predicted octanol–water partition coefficient (Wildman–Crippen LogP) is 3.41. The van der Waals surface area contributed by atoms with Crippen molar-refractivity contribution in [3.8, 4) is 0 Å². The highest BCUT2D eigenvalue weighted by atomic mass is 79.9. The van der Waals surface area contributed by atoms with Gasteiger partial charge in [0.25, 0.3) is 0 Å². The van der Waals surface area contributed by atoms with Gasteiger partial charge in [-0.05, 0) is 45.8 Å². The summed E-state index contributed by atoms with van der Waals surface area (Å²) >= 11 is 3.39. The summed E-state index contributed by atoms with van der Waals surface area (Å²) in [6.07, 6.45) is 3.57. The van der Waals surface area contributed by atoms with E-state index in [9.17, 15) is 4.79 Å². The lowest BCUT2D eigenvalue weighted by atomic mass is 10.2. The first-order valence-corrected chi connectivity index (χ1v) is 6.64. The first kappa shape index (κ1) is 13.5. The highest BCUT2D eigenvalue weighted by Gasteiger charge is 1.99. The second-order valence-corrected chi connectivity index (χ2v) is 5.04. The molecule has 2 rings (SSSR count). The molecule has 0 spiro atoms. The fourth-order valence-corrected chi connectivity index (χ4v) is 2.08. The predicted molar refractivity (Wildman–Crippen MR) is 80.0 cm³/mol. The van der Waals surface area contributed by atoms with Crippen molar-refractivity contribution in [2.24, 2.45) is 0 Å². The molecule has 19 heavy (non-hydrogen) atoms. The van der Waals surface area contributed by atoms with E-state index in [1.165, 1.54) is 6.92 Å². The fraction of sp³-hybridized carbons (Fsp3) is 0.143. The highest BCUT2D eigenvalue weighted by Crippen LogP contribution is 2.16. The Hall–Kier alpha value is -1.88. The van der Waals surface area contributed by atoms with Gasteiger partial charge in [0.2, 0.25) is 5.91 Å². The van der Waals surface area contributed by atoms with E-state index < -0.39 is 0 Å². The van der Waals surface area contributed by atoms with Crippen LogP contribution in [0.3, 0.4) is 0 Å². The fourth-order valence-electron chi connectivity index (χ4n) is 1.67. The van der Waals surface area contributed by atoms with Crippen LogP contribution in [-0.2, 0) is 11.3 Å². The molecule has 4 nitrogen and oxygen atoms in total. The van der Waals surface area contributed by atoms with E-state index in [1.54, 1.807) is 6.20 Å². The molecular formula is C14H14BrN3O. The Morgan fingerprint density at radius 1 is 1.26 bits per heavy atom. The zero-order valence-corrected chi connectivity index (χ0v) is 12.1. The average Bonchev–Trinajstić information content (AvgIpc) is 2.36. The maximum absolute atomic E-state index is 11.0. The molecular weight excluding hydrogens is 306 g/mol. The van der Waals surface area contributed by atoms with E-state index in [1.807, 2.05) is 36.5 Å². The van der Waals surface area contributed by atoms with Crippen LogP contribution in [0, 0.1) is 0 Å². The van der Waals surface area contributed by atoms with Crippen molar-refractivity contribution in [3.05, 3.63) is 52.8 Å². The molecule has 1 amide bonds. The molecule has 0 bridgehead atoms. The molecule has 1 aromatic carbocycles. The van der Waals surface area contributed by atoms with Crippen molar-refractivity contribution in [2.75, 3.05) is 10.6 Å². The van der Waals surface area contributed by atoms with Crippen LogP contribution in [0.25, 0.3) is 0 Å². The lowest BCUT2D eigenvalue weighted by molar-refractivity contribution is -0.114. The molecule has 0 fully saturated rings. The molecule has 98 valence electrons. The topological polar surface area (TPSA) is 54.0 Å². The maximum atomic E-state index is 11.0. The van der Waals surface area contributed by atoms with Gasteiger partial charge in [-0.15, -0.1) is 0 Å². The lowest BCUT2D eigenvalue weighted by Gasteiger charge is -2.09. The van der Waals surface area contributed by atoms with Crippen molar-refractivity contribution in [2.45, 2.75) is 13.5 Å². The SMILES string of the molecule is CC(=O)Nc1cccc(NCc2cncc(Br)c2)c1. The molecule has 1 heterocycles. The molecule has 0 atom stereocenters. The van der Waals surface area contributed by atoms with Crippen molar-refractivity contribution >= 4 is 33.2 Å². The quantitative estimate of drug-likeness (QED) is 0.908. The van der Waals surface area contributed by atoms with E-state index >= 15 is 0 Å². The maximum Gasteiger partial charge on any atom is 0.221 e. The van der Waals surface area contributed by atoms with Crippen molar-refractivity contribution in [1.82, 2.24) is 4.98 Å². The van der Waals surface area contributed by atoms with Crippen molar-refractivity contribution in [3.63, 3.8) is 0 Å². The summed E-state index contributed by atoms with van der Waals surface area (Å²) in [5.74, 6) is -0.0756. The third-order valence-electron chi connectivity index (χ3n) is 2.44. The zero-order chi connectivity index (χ0) is 13.7. The Bertz CT molecular complexity index is 586. The zero-order valence-electron chi connectivity index (χ0n) is 10.5.